The average molecular weight is 186 g/mol. The van der Waals surface area contributed by atoms with Gasteiger partial charge in [0.05, 0.1) is 26.4 Å². The summed E-state index contributed by atoms with van der Waals surface area (Å²) in [7, 11) is 0. The third-order valence-electron chi connectivity index (χ3n) is 2.16. The van der Waals surface area contributed by atoms with Crippen molar-refractivity contribution in [3.05, 3.63) is 0 Å². The fourth-order valence-electron chi connectivity index (χ4n) is 1.39. The van der Waals surface area contributed by atoms with Crippen LogP contribution in [0.3, 0.4) is 0 Å². The standard InChI is InChI=1S/C6H10O.C4H8O2/c7-6-4-2-1-3-5-6;1-2-6-4-3-5-1/h1-5H2;1-4H2. The number of Topliss-reactive ketones (excluding diaryl/α,β-unsaturated/α-hetero) is 1. The van der Waals surface area contributed by atoms with Gasteiger partial charge in [0.25, 0.3) is 0 Å². The van der Waals surface area contributed by atoms with Crippen molar-refractivity contribution in [2.75, 3.05) is 26.4 Å². The van der Waals surface area contributed by atoms with E-state index in [4.69, 9.17) is 9.47 Å². The fourth-order valence-corrected chi connectivity index (χ4v) is 1.39. The van der Waals surface area contributed by atoms with Gasteiger partial charge in [0.15, 0.2) is 0 Å². The number of carbonyl (C=O) groups is 1. The minimum atomic E-state index is 0.464. The van der Waals surface area contributed by atoms with Crippen molar-refractivity contribution in [1.29, 1.82) is 0 Å². The highest BCUT2D eigenvalue weighted by atomic mass is 16.6. The molecule has 0 aromatic carbocycles. The van der Waals surface area contributed by atoms with Crippen LogP contribution in [0.2, 0.25) is 0 Å². The van der Waals surface area contributed by atoms with Crippen molar-refractivity contribution < 1.29 is 14.3 Å². The highest BCUT2D eigenvalue weighted by Gasteiger charge is 2.05. The molecule has 0 atom stereocenters. The summed E-state index contributed by atoms with van der Waals surface area (Å²) < 4.78 is 9.89. The molecule has 2 fully saturated rings. The van der Waals surface area contributed by atoms with Crippen LogP contribution in [-0.4, -0.2) is 32.2 Å². The number of ether oxygens (including phenoxy) is 2. The number of carbonyl (C=O) groups excluding carboxylic acids is 1. The second-order valence-corrected chi connectivity index (χ2v) is 3.32. The Balaban J connectivity index is 0.000000132. The van der Waals surface area contributed by atoms with Gasteiger partial charge in [-0.3, -0.25) is 4.79 Å². The van der Waals surface area contributed by atoms with Crippen LogP contribution in [0.4, 0.5) is 0 Å². The minimum Gasteiger partial charge on any atom is -0.377 e. The highest BCUT2D eigenvalue weighted by Crippen LogP contribution is 2.12. The van der Waals surface area contributed by atoms with Crippen molar-refractivity contribution in [2.45, 2.75) is 32.1 Å². The Morgan fingerprint density at radius 1 is 0.769 bits per heavy atom. The predicted octanol–water partition coefficient (Wildman–Crippen LogP) is 1.55. The van der Waals surface area contributed by atoms with Crippen LogP contribution in [-0.2, 0) is 14.3 Å². The smallest absolute Gasteiger partial charge is 0.132 e. The number of hydrogen-bond donors (Lipinski definition) is 0. The van der Waals surface area contributed by atoms with E-state index in [9.17, 15) is 4.79 Å². The van der Waals surface area contributed by atoms with Gasteiger partial charge in [-0.15, -0.1) is 0 Å². The summed E-state index contributed by atoms with van der Waals surface area (Å²) in [5.41, 5.74) is 0. The maximum Gasteiger partial charge on any atom is 0.132 e. The first-order valence-electron chi connectivity index (χ1n) is 5.07. The summed E-state index contributed by atoms with van der Waals surface area (Å²) in [6.07, 6.45) is 5.24. The third kappa shape index (κ3) is 5.77. The van der Waals surface area contributed by atoms with E-state index in [-0.39, 0.29) is 0 Å². The van der Waals surface area contributed by atoms with Gasteiger partial charge in [0, 0.05) is 12.8 Å². The molecule has 1 saturated heterocycles. The van der Waals surface area contributed by atoms with E-state index in [0.717, 1.165) is 52.1 Å². The van der Waals surface area contributed by atoms with Crippen LogP contribution in [0.1, 0.15) is 32.1 Å². The molecule has 0 amide bonds. The lowest BCUT2D eigenvalue weighted by atomic mass is 10.00. The second-order valence-electron chi connectivity index (χ2n) is 3.32. The topological polar surface area (TPSA) is 35.5 Å². The quantitative estimate of drug-likeness (QED) is 0.576. The van der Waals surface area contributed by atoms with Crippen LogP contribution in [0.15, 0.2) is 0 Å². The first-order chi connectivity index (χ1) is 6.39. The molecule has 3 nitrogen and oxygen atoms in total. The molecule has 0 spiro atoms. The first kappa shape index (κ1) is 10.7. The average Bonchev–Trinajstić information content (AvgIpc) is 2.22. The van der Waals surface area contributed by atoms with E-state index in [1.807, 2.05) is 0 Å². The van der Waals surface area contributed by atoms with E-state index in [1.165, 1.54) is 6.42 Å². The monoisotopic (exact) mass is 186 g/mol. The van der Waals surface area contributed by atoms with E-state index in [2.05, 4.69) is 0 Å². The predicted molar refractivity (Wildman–Crippen MR) is 49.7 cm³/mol. The number of hydrogen-bond acceptors (Lipinski definition) is 3. The molecule has 0 N–H and O–H groups in total. The molecular formula is C10H18O3. The number of rotatable bonds is 0. The summed E-state index contributed by atoms with van der Waals surface area (Å²) in [5.74, 6) is 0.464. The molecule has 76 valence electrons. The van der Waals surface area contributed by atoms with E-state index >= 15 is 0 Å². The molecule has 0 aromatic rings. The van der Waals surface area contributed by atoms with Crippen molar-refractivity contribution in [2.24, 2.45) is 0 Å². The molecule has 2 aliphatic rings. The van der Waals surface area contributed by atoms with Crippen LogP contribution in [0.25, 0.3) is 0 Å². The zero-order valence-electron chi connectivity index (χ0n) is 8.09. The van der Waals surface area contributed by atoms with Gasteiger partial charge in [0.1, 0.15) is 5.78 Å². The van der Waals surface area contributed by atoms with Crippen molar-refractivity contribution in [1.82, 2.24) is 0 Å². The molecule has 1 aliphatic heterocycles. The second kappa shape index (κ2) is 7.04. The summed E-state index contributed by atoms with van der Waals surface area (Å²) in [6, 6.07) is 0. The minimum absolute atomic E-state index is 0.464. The lowest BCUT2D eigenvalue weighted by molar-refractivity contribution is -0.120. The Morgan fingerprint density at radius 2 is 1.23 bits per heavy atom. The van der Waals surface area contributed by atoms with Gasteiger partial charge in [-0.1, -0.05) is 6.42 Å². The number of ketones is 1. The van der Waals surface area contributed by atoms with Gasteiger partial charge in [0.2, 0.25) is 0 Å². The van der Waals surface area contributed by atoms with Gasteiger partial charge in [-0.25, -0.2) is 0 Å². The molecule has 2 rings (SSSR count). The summed E-state index contributed by atoms with van der Waals surface area (Å²) in [4.78, 5) is 10.5. The summed E-state index contributed by atoms with van der Waals surface area (Å²) in [5, 5.41) is 0. The van der Waals surface area contributed by atoms with Crippen LogP contribution < -0.4 is 0 Å². The zero-order valence-corrected chi connectivity index (χ0v) is 8.09. The Labute approximate surface area is 79.4 Å². The summed E-state index contributed by atoms with van der Waals surface area (Å²) in [6.45, 7) is 3.11. The lowest BCUT2D eigenvalue weighted by Gasteiger charge is -2.09. The molecule has 13 heavy (non-hydrogen) atoms. The maximum atomic E-state index is 10.5. The van der Waals surface area contributed by atoms with Crippen molar-refractivity contribution >= 4 is 5.78 Å². The molecule has 0 aromatic heterocycles. The van der Waals surface area contributed by atoms with Crippen LogP contribution in [0.5, 0.6) is 0 Å². The molecule has 1 saturated carbocycles. The molecular weight excluding hydrogens is 168 g/mol. The largest absolute Gasteiger partial charge is 0.377 e. The van der Waals surface area contributed by atoms with Crippen molar-refractivity contribution in [3.8, 4) is 0 Å². The SMILES string of the molecule is C1COCCO1.O=C1CCCCC1. The fraction of sp³-hybridized carbons (Fsp3) is 0.900. The molecule has 0 radical (unpaired) electrons. The third-order valence-corrected chi connectivity index (χ3v) is 2.16. The normalized spacial score (nSPS) is 23.2. The molecule has 0 bridgehead atoms. The van der Waals surface area contributed by atoms with Gasteiger partial charge >= 0.3 is 0 Å². The van der Waals surface area contributed by atoms with Gasteiger partial charge < -0.3 is 9.47 Å². The van der Waals surface area contributed by atoms with E-state index < -0.39 is 0 Å². The molecule has 1 aliphatic carbocycles. The highest BCUT2D eigenvalue weighted by molar-refractivity contribution is 5.78. The van der Waals surface area contributed by atoms with E-state index in [0.29, 0.717) is 5.78 Å². The Hall–Kier alpha value is -0.410. The zero-order chi connectivity index (χ0) is 9.36. The van der Waals surface area contributed by atoms with Crippen LogP contribution >= 0.6 is 0 Å². The summed E-state index contributed by atoms with van der Waals surface area (Å²) >= 11 is 0. The lowest BCUT2D eigenvalue weighted by Crippen LogP contribution is -2.16. The Bertz CT molecular complexity index is 122. The molecule has 0 unspecified atom stereocenters. The Morgan fingerprint density at radius 3 is 1.46 bits per heavy atom. The first-order valence-corrected chi connectivity index (χ1v) is 5.07. The maximum absolute atomic E-state index is 10.5. The molecule has 3 heteroatoms. The Kier molecular flexibility index (Phi) is 5.78. The molecule has 1 heterocycles. The van der Waals surface area contributed by atoms with Crippen molar-refractivity contribution in [3.63, 3.8) is 0 Å². The van der Waals surface area contributed by atoms with Crippen LogP contribution in [0, 0.1) is 0 Å². The van der Waals surface area contributed by atoms with Gasteiger partial charge in [-0.2, -0.15) is 0 Å². The van der Waals surface area contributed by atoms with Gasteiger partial charge in [-0.05, 0) is 12.8 Å². The van der Waals surface area contributed by atoms with E-state index in [1.54, 1.807) is 0 Å².